The topological polar surface area (TPSA) is 63.6 Å². The quantitative estimate of drug-likeness (QED) is 0.408. The minimum absolute atomic E-state index is 0.349. The number of esters is 1. The van der Waals surface area contributed by atoms with Crippen LogP contribution in [-0.4, -0.2) is 23.7 Å². The van der Waals surface area contributed by atoms with E-state index in [0.717, 1.165) is 37.8 Å². The van der Waals surface area contributed by atoms with E-state index in [2.05, 4.69) is 24.3 Å². The van der Waals surface area contributed by atoms with Crippen molar-refractivity contribution in [2.75, 3.05) is 6.61 Å². The van der Waals surface area contributed by atoms with Crippen LogP contribution in [0.2, 0.25) is 0 Å². The van der Waals surface area contributed by atoms with Crippen LogP contribution in [0.3, 0.4) is 0 Å². The van der Waals surface area contributed by atoms with E-state index in [1.807, 2.05) is 6.07 Å². The van der Waals surface area contributed by atoms with E-state index in [1.54, 1.807) is 0 Å². The molecule has 0 atom stereocenters. The highest BCUT2D eigenvalue weighted by Crippen LogP contribution is 2.08. The molecule has 0 unspecified atom stereocenters. The largest absolute Gasteiger partial charge is 0.478 e. The number of rotatable bonds is 10. The average molecular weight is 290 g/mol. The summed E-state index contributed by atoms with van der Waals surface area (Å²) in [5.74, 6) is -1.74. The molecule has 4 nitrogen and oxygen atoms in total. The van der Waals surface area contributed by atoms with Gasteiger partial charge in [-0.15, -0.1) is 0 Å². The summed E-state index contributed by atoms with van der Waals surface area (Å²) in [5.41, 5.74) is 1.37. The second-order valence-corrected chi connectivity index (χ2v) is 4.84. The molecule has 1 aromatic carbocycles. The maximum atomic E-state index is 11.1. The first-order valence-corrected chi connectivity index (χ1v) is 7.30. The second kappa shape index (κ2) is 10.7. The molecule has 1 N–H and O–H groups in total. The van der Waals surface area contributed by atoms with Gasteiger partial charge in [0, 0.05) is 12.2 Å². The molecule has 0 spiro atoms. The van der Waals surface area contributed by atoms with E-state index in [1.165, 1.54) is 18.4 Å². The molecule has 0 bridgehead atoms. The van der Waals surface area contributed by atoms with Gasteiger partial charge in [-0.1, -0.05) is 49.6 Å². The summed E-state index contributed by atoms with van der Waals surface area (Å²) in [5, 5.41) is 8.34. The summed E-state index contributed by atoms with van der Waals surface area (Å²) in [6, 6.07) is 10.4. The van der Waals surface area contributed by atoms with Gasteiger partial charge in [0.2, 0.25) is 0 Å². The highest BCUT2D eigenvalue weighted by atomic mass is 16.5. The van der Waals surface area contributed by atoms with Gasteiger partial charge in [-0.3, -0.25) is 0 Å². The smallest absolute Gasteiger partial charge is 0.331 e. The lowest BCUT2D eigenvalue weighted by atomic mass is 10.1. The van der Waals surface area contributed by atoms with Gasteiger partial charge in [0.1, 0.15) is 0 Å². The maximum Gasteiger partial charge on any atom is 0.331 e. The van der Waals surface area contributed by atoms with E-state index in [9.17, 15) is 9.59 Å². The number of carboxylic acid groups (broad SMARTS) is 1. The summed E-state index contributed by atoms with van der Waals surface area (Å²) < 4.78 is 4.88. The van der Waals surface area contributed by atoms with Crippen LogP contribution in [0.15, 0.2) is 42.5 Å². The first-order valence-electron chi connectivity index (χ1n) is 7.30. The number of carbonyl (C=O) groups excluding carboxylic acids is 1. The van der Waals surface area contributed by atoms with Crippen LogP contribution in [0, 0.1) is 0 Å². The normalized spacial score (nSPS) is 10.7. The van der Waals surface area contributed by atoms with Gasteiger partial charge >= 0.3 is 11.9 Å². The first-order chi connectivity index (χ1) is 10.2. The molecule has 0 aliphatic rings. The molecule has 0 aromatic heterocycles. The zero-order chi connectivity index (χ0) is 15.3. The van der Waals surface area contributed by atoms with Crippen LogP contribution in [0.25, 0.3) is 0 Å². The third-order valence-electron chi connectivity index (χ3n) is 3.06. The zero-order valence-corrected chi connectivity index (χ0v) is 12.2. The van der Waals surface area contributed by atoms with Crippen LogP contribution < -0.4 is 0 Å². The fraction of sp³-hybridized carbons (Fsp3) is 0.412. The standard InChI is InChI=1S/C17H22O4/c18-16(19)12-13-17(20)21-14-8-3-1-2-5-9-15-10-6-4-7-11-15/h4,6-7,10-13H,1-3,5,8-9,14H2,(H,18,19)/b13-12-. The van der Waals surface area contributed by atoms with Crippen molar-refractivity contribution in [2.24, 2.45) is 0 Å². The Hall–Kier alpha value is -2.10. The molecule has 114 valence electrons. The van der Waals surface area contributed by atoms with E-state index in [0.29, 0.717) is 6.61 Å². The second-order valence-electron chi connectivity index (χ2n) is 4.84. The van der Waals surface area contributed by atoms with Gasteiger partial charge in [-0.2, -0.15) is 0 Å². The highest BCUT2D eigenvalue weighted by Gasteiger charge is 1.98. The summed E-state index contributed by atoms with van der Waals surface area (Å²) in [7, 11) is 0. The molecule has 1 rings (SSSR count). The predicted octanol–water partition coefficient (Wildman–Crippen LogP) is 3.36. The Morgan fingerprint density at radius 2 is 1.62 bits per heavy atom. The fourth-order valence-corrected chi connectivity index (χ4v) is 1.97. The third-order valence-corrected chi connectivity index (χ3v) is 3.06. The molecule has 0 aliphatic heterocycles. The number of carboxylic acids is 1. The molecule has 0 amide bonds. The van der Waals surface area contributed by atoms with Crippen molar-refractivity contribution in [3.05, 3.63) is 48.0 Å². The summed E-state index contributed by atoms with van der Waals surface area (Å²) in [6.07, 6.45) is 8.12. The SMILES string of the molecule is O=C(O)/C=C\C(=O)OCCCCCCCc1ccccc1. The molecule has 4 heteroatoms. The van der Waals surface area contributed by atoms with Crippen molar-refractivity contribution >= 4 is 11.9 Å². The Labute approximate surface area is 125 Å². The van der Waals surface area contributed by atoms with E-state index in [-0.39, 0.29) is 0 Å². The number of carbonyl (C=O) groups is 2. The van der Waals surface area contributed by atoms with Gasteiger partial charge < -0.3 is 9.84 Å². The lowest BCUT2D eigenvalue weighted by Crippen LogP contribution is -2.03. The van der Waals surface area contributed by atoms with Crippen molar-refractivity contribution in [1.82, 2.24) is 0 Å². The summed E-state index contributed by atoms with van der Waals surface area (Å²) in [6.45, 7) is 0.349. The van der Waals surface area contributed by atoms with E-state index < -0.39 is 11.9 Å². The van der Waals surface area contributed by atoms with Gasteiger partial charge in [0.15, 0.2) is 0 Å². The van der Waals surface area contributed by atoms with Crippen molar-refractivity contribution < 1.29 is 19.4 Å². The third kappa shape index (κ3) is 9.44. The number of ether oxygens (including phenoxy) is 1. The van der Waals surface area contributed by atoms with Gasteiger partial charge in [-0.25, -0.2) is 9.59 Å². The van der Waals surface area contributed by atoms with E-state index in [4.69, 9.17) is 9.84 Å². The van der Waals surface area contributed by atoms with Gasteiger partial charge in [0.25, 0.3) is 0 Å². The number of unbranched alkanes of at least 4 members (excludes halogenated alkanes) is 4. The molecule has 0 radical (unpaired) electrons. The molecule has 1 aromatic rings. The van der Waals surface area contributed by atoms with Crippen LogP contribution in [-0.2, 0) is 20.7 Å². The fourth-order valence-electron chi connectivity index (χ4n) is 1.97. The van der Waals surface area contributed by atoms with Crippen molar-refractivity contribution in [3.8, 4) is 0 Å². The molecule has 0 fully saturated rings. The minimum Gasteiger partial charge on any atom is -0.478 e. The molecule has 21 heavy (non-hydrogen) atoms. The Morgan fingerprint density at radius 1 is 0.952 bits per heavy atom. The van der Waals surface area contributed by atoms with Crippen LogP contribution >= 0.6 is 0 Å². The van der Waals surface area contributed by atoms with Crippen molar-refractivity contribution in [1.29, 1.82) is 0 Å². The lowest BCUT2D eigenvalue weighted by molar-refractivity contribution is -0.138. The molecule has 0 heterocycles. The zero-order valence-electron chi connectivity index (χ0n) is 12.2. The average Bonchev–Trinajstić information content (AvgIpc) is 2.49. The Bertz CT molecular complexity index is 451. The van der Waals surface area contributed by atoms with Crippen LogP contribution in [0.4, 0.5) is 0 Å². The monoisotopic (exact) mass is 290 g/mol. The van der Waals surface area contributed by atoms with Crippen LogP contribution in [0.5, 0.6) is 0 Å². The minimum atomic E-state index is -1.15. The number of aliphatic carboxylic acids is 1. The highest BCUT2D eigenvalue weighted by molar-refractivity contribution is 5.90. The molecule has 0 saturated heterocycles. The first kappa shape index (κ1) is 17.0. The molecule has 0 saturated carbocycles. The van der Waals surface area contributed by atoms with E-state index >= 15 is 0 Å². The Morgan fingerprint density at radius 3 is 2.33 bits per heavy atom. The van der Waals surface area contributed by atoms with Crippen molar-refractivity contribution in [3.63, 3.8) is 0 Å². The van der Waals surface area contributed by atoms with Gasteiger partial charge in [-0.05, 0) is 24.8 Å². The maximum absolute atomic E-state index is 11.1. The van der Waals surface area contributed by atoms with Crippen LogP contribution in [0.1, 0.15) is 37.7 Å². The number of hydrogen-bond acceptors (Lipinski definition) is 3. The molecule has 0 aliphatic carbocycles. The predicted molar refractivity (Wildman–Crippen MR) is 81.0 cm³/mol. The number of aryl methyl sites for hydroxylation is 1. The lowest BCUT2D eigenvalue weighted by Gasteiger charge is -2.03. The summed E-state index contributed by atoms with van der Waals surface area (Å²) >= 11 is 0. The Kier molecular flexibility index (Phi) is 8.61. The number of hydrogen-bond donors (Lipinski definition) is 1. The Balaban J connectivity index is 1.93. The molecular formula is C17H22O4. The molecular weight excluding hydrogens is 268 g/mol. The van der Waals surface area contributed by atoms with Gasteiger partial charge in [0.05, 0.1) is 6.61 Å². The summed E-state index contributed by atoms with van der Waals surface area (Å²) in [4.78, 5) is 21.3. The number of benzene rings is 1. The van der Waals surface area contributed by atoms with Crippen molar-refractivity contribution in [2.45, 2.75) is 38.5 Å².